The Morgan fingerprint density at radius 3 is 2.43 bits per heavy atom. The summed E-state index contributed by atoms with van der Waals surface area (Å²) in [7, 11) is 0. The molecule has 1 unspecified atom stereocenters. The van der Waals surface area contributed by atoms with Gasteiger partial charge in [0, 0.05) is 6.42 Å². The minimum atomic E-state index is -0.701. The van der Waals surface area contributed by atoms with Crippen molar-refractivity contribution in [2.75, 3.05) is 0 Å². The van der Waals surface area contributed by atoms with Crippen LogP contribution < -0.4 is 0 Å². The van der Waals surface area contributed by atoms with Gasteiger partial charge in [0.2, 0.25) is 0 Å². The molecule has 3 heteroatoms. The Bertz CT molecular complexity index is 295. The van der Waals surface area contributed by atoms with Crippen molar-refractivity contribution < 1.29 is 15.0 Å². The molecule has 0 bridgehead atoms. The molecule has 21 heavy (non-hydrogen) atoms. The summed E-state index contributed by atoms with van der Waals surface area (Å²) in [5.74, 6) is -0.701. The number of hydrogen-bond acceptors (Lipinski definition) is 2. The number of carbonyl (C=O) groups is 1. The molecule has 0 heterocycles. The quantitative estimate of drug-likeness (QED) is 0.355. The molecule has 0 aromatic carbocycles. The van der Waals surface area contributed by atoms with Crippen LogP contribution >= 0.6 is 0 Å². The lowest BCUT2D eigenvalue weighted by molar-refractivity contribution is -0.137. The highest BCUT2D eigenvalue weighted by atomic mass is 16.4. The van der Waals surface area contributed by atoms with Crippen LogP contribution in [0.3, 0.4) is 0 Å². The lowest BCUT2D eigenvalue weighted by Crippen LogP contribution is -2.00. The van der Waals surface area contributed by atoms with Gasteiger partial charge < -0.3 is 10.2 Å². The number of allylic oxidation sites excluding steroid dienone is 3. The van der Waals surface area contributed by atoms with Gasteiger partial charge in [0.1, 0.15) is 0 Å². The van der Waals surface area contributed by atoms with Crippen LogP contribution in [-0.4, -0.2) is 22.3 Å². The molecule has 0 saturated carbocycles. The molecule has 0 rings (SSSR count). The van der Waals surface area contributed by atoms with Gasteiger partial charge >= 0.3 is 5.97 Å². The van der Waals surface area contributed by atoms with Crippen LogP contribution in [0.2, 0.25) is 0 Å². The average Bonchev–Trinajstić information content (AvgIpc) is 2.45. The molecule has 1 atom stereocenters. The Kier molecular flexibility index (Phi) is 14.5. The molecule has 0 aliphatic carbocycles. The number of rotatable bonds is 14. The second-order valence-corrected chi connectivity index (χ2v) is 5.58. The van der Waals surface area contributed by atoms with Gasteiger partial charge in [-0.15, -0.1) is 0 Å². The van der Waals surface area contributed by atoms with Gasteiger partial charge in [0.25, 0.3) is 0 Å². The Morgan fingerprint density at radius 2 is 1.71 bits per heavy atom. The molecule has 0 amide bonds. The maximum absolute atomic E-state index is 10.3. The van der Waals surface area contributed by atoms with Crippen molar-refractivity contribution in [1.29, 1.82) is 0 Å². The third-order valence-corrected chi connectivity index (χ3v) is 3.45. The fraction of sp³-hybridized carbons (Fsp3) is 0.722. The number of aliphatic hydroxyl groups is 1. The molecule has 0 aromatic heterocycles. The van der Waals surface area contributed by atoms with Crippen molar-refractivity contribution in [2.45, 2.75) is 83.7 Å². The van der Waals surface area contributed by atoms with Crippen LogP contribution in [-0.2, 0) is 4.79 Å². The predicted octanol–water partition coefficient (Wildman–Crippen LogP) is 4.86. The summed E-state index contributed by atoms with van der Waals surface area (Å²) in [6.45, 7) is 2.19. The average molecular weight is 296 g/mol. The number of aliphatic carboxylic acids is 1. The first-order valence-corrected chi connectivity index (χ1v) is 8.40. The molecular formula is C18H32O3. The molecular weight excluding hydrogens is 264 g/mol. The van der Waals surface area contributed by atoms with E-state index in [1.165, 1.54) is 19.3 Å². The fourth-order valence-corrected chi connectivity index (χ4v) is 2.14. The number of unbranched alkanes of at least 4 members (excludes halogenated alkanes) is 7. The molecule has 122 valence electrons. The van der Waals surface area contributed by atoms with Gasteiger partial charge in [0.05, 0.1) is 6.10 Å². The van der Waals surface area contributed by atoms with E-state index in [1.807, 2.05) is 18.2 Å². The largest absolute Gasteiger partial charge is 0.481 e. The number of carboxylic acid groups (broad SMARTS) is 1. The standard InChI is InChI=1S/C18H32O3/c1-2-3-4-11-14-17(19)15-12-9-7-5-6-8-10-13-16-18(20)21/h7,9,12,15,17,19H,2-6,8,10-11,13-14,16H2,1H3,(H,20,21)/b9-7+,15-12+. The minimum Gasteiger partial charge on any atom is -0.481 e. The van der Waals surface area contributed by atoms with E-state index in [1.54, 1.807) is 0 Å². The second-order valence-electron chi connectivity index (χ2n) is 5.58. The van der Waals surface area contributed by atoms with E-state index >= 15 is 0 Å². The van der Waals surface area contributed by atoms with Crippen molar-refractivity contribution in [1.82, 2.24) is 0 Å². The summed E-state index contributed by atoms with van der Waals surface area (Å²) in [5.41, 5.74) is 0. The maximum atomic E-state index is 10.3. The highest BCUT2D eigenvalue weighted by Gasteiger charge is 1.97. The second kappa shape index (κ2) is 15.3. The first-order chi connectivity index (χ1) is 10.2. The molecule has 3 nitrogen and oxygen atoms in total. The zero-order valence-electron chi connectivity index (χ0n) is 13.5. The van der Waals surface area contributed by atoms with E-state index in [9.17, 15) is 9.90 Å². The Labute approximate surface area is 129 Å². The van der Waals surface area contributed by atoms with Crippen molar-refractivity contribution in [3.8, 4) is 0 Å². The van der Waals surface area contributed by atoms with Crippen molar-refractivity contribution in [2.24, 2.45) is 0 Å². The van der Waals surface area contributed by atoms with Gasteiger partial charge in [-0.05, 0) is 25.7 Å². The molecule has 0 aliphatic heterocycles. The monoisotopic (exact) mass is 296 g/mol. The van der Waals surface area contributed by atoms with Crippen LogP contribution in [0.4, 0.5) is 0 Å². The SMILES string of the molecule is CCCCCCC(O)/C=C/C=C/CCCCCCC(=O)O. The summed E-state index contributed by atoms with van der Waals surface area (Å²) >= 11 is 0. The molecule has 2 N–H and O–H groups in total. The first-order valence-electron chi connectivity index (χ1n) is 8.40. The molecule has 0 spiro atoms. The van der Waals surface area contributed by atoms with Gasteiger partial charge in [0.15, 0.2) is 0 Å². The topological polar surface area (TPSA) is 57.5 Å². The van der Waals surface area contributed by atoms with Crippen molar-refractivity contribution in [3.63, 3.8) is 0 Å². The summed E-state index contributed by atoms with van der Waals surface area (Å²) in [6, 6.07) is 0. The zero-order valence-corrected chi connectivity index (χ0v) is 13.5. The Morgan fingerprint density at radius 1 is 1.00 bits per heavy atom. The van der Waals surface area contributed by atoms with Crippen molar-refractivity contribution in [3.05, 3.63) is 24.3 Å². The molecule has 0 aromatic rings. The van der Waals surface area contributed by atoms with E-state index < -0.39 is 5.97 Å². The highest BCUT2D eigenvalue weighted by Crippen LogP contribution is 2.07. The number of hydrogen-bond donors (Lipinski definition) is 2. The van der Waals surface area contributed by atoms with Gasteiger partial charge in [-0.2, -0.15) is 0 Å². The van der Waals surface area contributed by atoms with Crippen LogP contribution in [0.5, 0.6) is 0 Å². The van der Waals surface area contributed by atoms with E-state index in [0.717, 1.165) is 44.9 Å². The van der Waals surface area contributed by atoms with Crippen molar-refractivity contribution >= 4 is 5.97 Å². The third-order valence-electron chi connectivity index (χ3n) is 3.45. The fourth-order valence-electron chi connectivity index (χ4n) is 2.14. The Hall–Kier alpha value is -1.09. The van der Waals surface area contributed by atoms with Crippen LogP contribution in [0.25, 0.3) is 0 Å². The first kappa shape index (κ1) is 19.9. The third kappa shape index (κ3) is 16.9. The number of aliphatic hydroxyl groups excluding tert-OH is 1. The predicted molar refractivity (Wildman–Crippen MR) is 88.4 cm³/mol. The smallest absolute Gasteiger partial charge is 0.303 e. The van der Waals surface area contributed by atoms with Gasteiger partial charge in [-0.25, -0.2) is 0 Å². The van der Waals surface area contributed by atoms with Crippen LogP contribution in [0, 0.1) is 0 Å². The lowest BCUT2D eigenvalue weighted by atomic mass is 10.1. The van der Waals surface area contributed by atoms with Crippen LogP contribution in [0.15, 0.2) is 24.3 Å². The zero-order chi connectivity index (χ0) is 15.8. The molecule has 0 radical (unpaired) electrons. The lowest BCUT2D eigenvalue weighted by Gasteiger charge is -2.03. The van der Waals surface area contributed by atoms with E-state index in [-0.39, 0.29) is 12.5 Å². The summed E-state index contributed by atoms with van der Waals surface area (Å²) in [6.07, 6.45) is 18.5. The Balaban J connectivity index is 3.40. The highest BCUT2D eigenvalue weighted by molar-refractivity contribution is 5.66. The van der Waals surface area contributed by atoms with Gasteiger partial charge in [-0.1, -0.05) is 69.8 Å². The maximum Gasteiger partial charge on any atom is 0.303 e. The summed E-state index contributed by atoms with van der Waals surface area (Å²) < 4.78 is 0. The van der Waals surface area contributed by atoms with Gasteiger partial charge in [-0.3, -0.25) is 4.79 Å². The van der Waals surface area contributed by atoms with E-state index in [4.69, 9.17) is 5.11 Å². The minimum absolute atomic E-state index is 0.286. The molecule has 0 aliphatic rings. The van der Waals surface area contributed by atoms with Crippen LogP contribution in [0.1, 0.15) is 77.6 Å². The summed E-state index contributed by atoms with van der Waals surface area (Å²) in [5, 5.41) is 18.2. The normalized spacial score (nSPS) is 13.2. The van der Waals surface area contributed by atoms with E-state index in [0.29, 0.717) is 0 Å². The number of carboxylic acids is 1. The van der Waals surface area contributed by atoms with E-state index in [2.05, 4.69) is 13.0 Å². The molecule has 0 saturated heterocycles. The molecule has 0 fully saturated rings. The summed E-state index contributed by atoms with van der Waals surface area (Å²) in [4.78, 5) is 10.3.